The molecule has 108 valence electrons. The van der Waals surface area contributed by atoms with E-state index in [1.54, 1.807) is 0 Å². The summed E-state index contributed by atoms with van der Waals surface area (Å²) in [7, 11) is 4.09. The molecule has 5 heteroatoms. The summed E-state index contributed by atoms with van der Waals surface area (Å²) < 4.78 is 2.66. The number of aromatic nitrogens is 3. The molecule has 0 fully saturated rings. The number of benzene rings is 1. The van der Waals surface area contributed by atoms with E-state index in [4.69, 9.17) is 12.2 Å². The van der Waals surface area contributed by atoms with E-state index in [9.17, 15) is 0 Å². The largest absolute Gasteiger partial charge is 0.377 e. The second-order valence-corrected chi connectivity index (χ2v) is 5.84. The second kappa shape index (κ2) is 5.00. The van der Waals surface area contributed by atoms with Gasteiger partial charge in [-0.25, -0.2) is 4.98 Å². The minimum atomic E-state index is 0.667. The van der Waals surface area contributed by atoms with Gasteiger partial charge in [0.15, 0.2) is 10.4 Å². The predicted octanol–water partition coefficient (Wildman–Crippen LogP) is 3.77. The van der Waals surface area contributed by atoms with Gasteiger partial charge in [-0.1, -0.05) is 6.07 Å². The third-order valence-corrected chi connectivity index (χ3v) is 4.00. The lowest BCUT2D eigenvalue weighted by atomic mass is 10.1. The molecule has 2 heterocycles. The van der Waals surface area contributed by atoms with Crippen LogP contribution >= 0.6 is 12.2 Å². The van der Waals surface area contributed by atoms with Crippen LogP contribution in [0.1, 0.15) is 11.1 Å². The highest BCUT2D eigenvalue weighted by Gasteiger charge is 2.11. The van der Waals surface area contributed by atoms with Crippen molar-refractivity contribution >= 4 is 29.1 Å². The Labute approximate surface area is 129 Å². The first-order valence-electron chi connectivity index (χ1n) is 6.83. The summed E-state index contributed by atoms with van der Waals surface area (Å²) in [6, 6.07) is 8.32. The number of rotatable bonds is 2. The van der Waals surface area contributed by atoms with Crippen LogP contribution in [0.4, 0.5) is 5.69 Å². The van der Waals surface area contributed by atoms with Gasteiger partial charge >= 0.3 is 0 Å². The van der Waals surface area contributed by atoms with E-state index in [2.05, 4.69) is 46.9 Å². The molecule has 0 saturated carbocycles. The van der Waals surface area contributed by atoms with E-state index in [1.165, 1.54) is 11.3 Å². The number of anilines is 1. The third-order valence-electron chi connectivity index (χ3n) is 3.72. The van der Waals surface area contributed by atoms with Gasteiger partial charge in [0, 0.05) is 26.0 Å². The smallest absolute Gasteiger partial charge is 0.184 e. The third kappa shape index (κ3) is 2.23. The molecule has 0 radical (unpaired) electrons. The molecule has 0 spiro atoms. The number of pyridine rings is 1. The standard InChI is InChI=1S/C16H18N4S/c1-10-5-6-12(9-13(10)19(3)4)20-15-14(18-16(20)21)11(2)7-8-17-15/h5-9H,1-4H3,(H,18,21). The van der Waals surface area contributed by atoms with Gasteiger partial charge in [-0.2, -0.15) is 0 Å². The van der Waals surface area contributed by atoms with Crippen molar-refractivity contribution in [2.45, 2.75) is 13.8 Å². The molecule has 1 N–H and O–H groups in total. The minimum Gasteiger partial charge on any atom is -0.377 e. The van der Waals surface area contributed by atoms with Crippen molar-refractivity contribution in [1.29, 1.82) is 0 Å². The molecule has 0 bridgehead atoms. The zero-order chi connectivity index (χ0) is 15.1. The molecule has 3 aromatic rings. The van der Waals surface area contributed by atoms with Crippen LogP contribution in [0, 0.1) is 18.6 Å². The van der Waals surface area contributed by atoms with Crippen LogP contribution in [0.3, 0.4) is 0 Å². The highest BCUT2D eigenvalue weighted by Crippen LogP contribution is 2.25. The molecule has 1 aromatic carbocycles. The summed E-state index contributed by atoms with van der Waals surface area (Å²) in [6.45, 7) is 4.16. The Morgan fingerprint density at radius 3 is 2.62 bits per heavy atom. The average Bonchev–Trinajstić information content (AvgIpc) is 2.77. The van der Waals surface area contributed by atoms with E-state index in [0.717, 1.165) is 22.4 Å². The Bertz CT molecular complexity index is 874. The monoisotopic (exact) mass is 298 g/mol. The van der Waals surface area contributed by atoms with Crippen LogP contribution in [0.15, 0.2) is 30.5 Å². The van der Waals surface area contributed by atoms with Crippen molar-refractivity contribution in [3.8, 4) is 5.69 Å². The van der Waals surface area contributed by atoms with Crippen LogP contribution in [0.2, 0.25) is 0 Å². The zero-order valence-electron chi connectivity index (χ0n) is 12.6. The molecular weight excluding hydrogens is 280 g/mol. The van der Waals surface area contributed by atoms with Crippen molar-refractivity contribution in [3.63, 3.8) is 0 Å². The van der Waals surface area contributed by atoms with Gasteiger partial charge in [0.05, 0.1) is 11.2 Å². The first-order valence-corrected chi connectivity index (χ1v) is 7.24. The van der Waals surface area contributed by atoms with Gasteiger partial charge in [0.2, 0.25) is 0 Å². The molecule has 0 aliphatic heterocycles. The number of imidazole rings is 1. The minimum absolute atomic E-state index is 0.667. The van der Waals surface area contributed by atoms with Gasteiger partial charge in [-0.05, 0) is 55.4 Å². The number of hydrogen-bond donors (Lipinski definition) is 1. The summed E-state index contributed by atoms with van der Waals surface area (Å²) in [5, 5.41) is 0. The van der Waals surface area contributed by atoms with Crippen LogP contribution < -0.4 is 4.90 Å². The Balaban J connectivity index is 2.31. The number of aryl methyl sites for hydroxylation is 2. The number of fused-ring (bicyclic) bond motifs is 1. The highest BCUT2D eigenvalue weighted by molar-refractivity contribution is 7.71. The highest BCUT2D eigenvalue weighted by atomic mass is 32.1. The summed E-state index contributed by atoms with van der Waals surface area (Å²) in [5.74, 6) is 0. The van der Waals surface area contributed by atoms with Crippen molar-refractivity contribution < 1.29 is 0 Å². The number of nitrogens with one attached hydrogen (secondary N) is 1. The predicted molar refractivity (Wildman–Crippen MR) is 90.1 cm³/mol. The molecule has 0 aliphatic rings. The summed E-state index contributed by atoms with van der Waals surface area (Å²) in [6.07, 6.45) is 1.82. The molecule has 2 aromatic heterocycles. The Kier molecular flexibility index (Phi) is 3.29. The van der Waals surface area contributed by atoms with Crippen LogP contribution in [0.25, 0.3) is 16.9 Å². The van der Waals surface area contributed by atoms with Crippen molar-refractivity contribution in [3.05, 3.63) is 46.4 Å². The molecular formula is C16H18N4S. The SMILES string of the molecule is Cc1ccc(-n2c(=S)[nH]c3c(C)ccnc32)cc1N(C)C. The lowest BCUT2D eigenvalue weighted by Gasteiger charge is -2.17. The fourth-order valence-corrected chi connectivity index (χ4v) is 2.88. The van der Waals surface area contributed by atoms with E-state index in [-0.39, 0.29) is 0 Å². The Morgan fingerprint density at radius 2 is 1.90 bits per heavy atom. The molecule has 21 heavy (non-hydrogen) atoms. The Hall–Kier alpha value is -2.14. The van der Waals surface area contributed by atoms with E-state index in [0.29, 0.717) is 4.77 Å². The van der Waals surface area contributed by atoms with Crippen LogP contribution in [0.5, 0.6) is 0 Å². The molecule has 0 unspecified atom stereocenters. The second-order valence-electron chi connectivity index (χ2n) is 5.46. The fraction of sp³-hybridized carbons (Fsp3) is 0.250. The van der Waals surface area contributed by atoms with Crippen molar-refractivity contribution in [2.24, 2.45) is 0 Å². The van der Waals surface area contributed by atoms with Gasteiger partial charge in [-0.15, -0.1) is 0 Å². The first kappa shape index (κ1) is 13.8. The van der Waals surface area contributed by atoms with Crippen LogP contribution in [-0.4, -0.2) is 28.6 Å². The topological polar surface area (TPSA) is 36.9 Å². The quantitative estimate of drug-likeness (QED) is 0.732. The number of H-pyrrole nitrogens is 1. The van der Waals surface area contributed by atoms with E-state index in [1.807, 2.05) is 30.9 Å². The molecule has 0 atom stereocenters. The maximum absolute atomic E-state index is 5.49. The summed E-state index contributed by atoms with van der Waals surface area (Å²) >= 11 is 5.49. The molecule has 4 nitrogen and oxygen atoms in total. The molecule has 0 saturated heterocycles. The van der Waals surface area contributed by atoms with Gasteiger partial charge < -0.3 is 9.88 Å². The van der Waals surface area contributed by atoms with Gasteiger partial charge in [0.25, 0.3) is 0 Å². The number of hydrogen-bond acceptors (Lipinski definition) is 3. The van der Waals surface area contributed by atoms with E-state index < -0.39 is 0 Å². The van der Waals surface area contributed by atoms with Crippen molar-refractivity contribution in [1.82, 2.24) is 14.5 Å². The summed E-state index contributed by atoms with van der Waals surface area (Å²) in [5.41, 5.74) is 6.45. The van der Waals surface area contributed by atoms with Gasteiger partial charge in [-0.3, -0.25) is 4.57 Å². The first-order chi connectivity index (χ1) is 9.99. The molecule has 0 aliphatic carbocycles. The molecule has 3 rings (SSSR count). The van der Waals surface area contributed by atoms with Crippen LogP contribution in [-0.2, 0) is 0 Å². The zero-order valence-corrected chi connectivity index (χ0v) is 13.5. The number of nitrogens with zero attached hydrogens (tertiary/aromatic N) is 3. The summed E-state index contributed by atoms with van der Waals surface area (Å²) in [4.78, 5) is 9.85. The van der Waals surface area contributed by atoms with Crippen molar-refractivity contribution in [2.75, 3.05) is 19.0 Å². The van der Waals surface area contributed by atoms with Gasteiger partial charge in [0.1, 0.15) is 0 Å². The number of aromatic amines is 1. The fourth-order valence-electron chi connectivity index (χ4n) is 2.59. The van der Waals surface area contributed by atoms with E-state index >= 15 is 0 Å². The molecule has 0 amide bonds. The lowest BCUT2D eigenvalue weighted by molar-refractivity contribution is 1.03. The maximum Gasteiger partial charge on any atom is 0.184 e. The average molecular weight is 298 g/mol. The Morgan fingerprint density at radius 1 is 1.14 bits per heavy atom. The lowest BCUT2D eigenvalue weighted by Crippen LogP contribution is -2.11. The normalized spacial score (nSPS) is 11.0. The maximum atomic E-state index is 5.49.